The molecular weight excluding hydrogens is 557 g/mol. The third kappa shape index (κ3) is 16.8. The first-order valence-electron chi connectivity index (χ1n) is 11.9. The van der Waals surface area contributed by atoms with E-state index in [1.165, 1.54) is 13.8 Å². The van der Waals surface area contributed by atoms with Gasteiger partial charge in [-0.25, -0.2) is 13.7 Å². The second-order valence-corrected chi connectivity index (χ2v) is 13.4. The maximum absolute atomic E-state index is 12.7. The van der Waals surface area contributed by atoms with E-state index in [1.54, 1.807) is 6.92 Å². The van der Waals surface area contributed by atoms with Crippen molar-refractivity contribution < 1.29 is 61.0 Å². The molecule has 0 aliphatic carbocycles. The smallest absolute Gasteiger partial charge is 0.396 e. The molecule has 15 nitrogen and oxygen atoms in total. The topological polar surface area (TPSA) is 251 Å². The van der Waals surface area contributed by atoms with Crippen molar-refractivity contribution >= 4 is 23.5 Å². The Kier molecular flexibility index (Phi) is 16.6. The van der Waals surface area contributed by atoms with Crippen molar-refractivity contribution in [2.45, 2.75) is 71.0 Å². The Morgan fingerprint density at radius 1 is 0.784 bits per heavy atom. The van der Waals surface area contributed by atoms with Gasteiger partial charge in [-0.15, -0.1) is 0 Å². The van der Waals surface area contributed by atoms with Crippen LogP contribution in [0.1, 0.15) is 59.8 Å². The number of aliphatic hydroxyl groups is 1. The molecule has 9 N–H and O–H groups in total. The first-order valence-corrected chi connectivity index (χ1v) is 16.5. The van der Waals surface area contributed by atoms with Gasteiger partial charge in [0.2, 0.25) is 0 Å². The molecule has 0 aliphatic rings. The lowest BCUT2D eigenvalue weighted by Gasteiger charge is -2.34. The van der Waals surface area contributed by atoms with E-state index in [4.69, 9.17) is 44.5 Å². The van der Waals surface area contributed by atoms with Gasteiger partial charge in [-0.05, 0) is 52.1 Å². The molecular formula is C19H45N2O13P3. The molecule has 0 rings (SSSR count). The quantitative estimate of drug-likeness (QED) is 0.0875. The zero-order valence-corrected chi connectivity index (χ0v) is 24.6. The van der Waals surface area contributed by atoms with Crippen LogP contribution in [0.2, 0.25) is 0 Å². The Hall–Kier alpha value is 0.210. The predicted molar refractivity (Wildman–Crippen MR) is 135 cm³/mol. The molecule has 0 aromatic heterocycles. The molecule has 0 heterocycles. The van der Waals surface area contributed by atoms with Crippen LogP contribution < -0.4 is 11.5 Å². The normalized spacial score (nSPS) is 20.8. The van der Waals surface area contributed by atoms with Gasteiger partial charge in [-0.3, -0.25) is 22.6 Å². The fourth-order valence-electron chi connectivity index (χ4n) is 3.40. The molecule has 6 unspecified atom stereocenters. The number of rotatable bonds is 22. The van der Waals surface area contributed by atoms with E-state index in [0.29, 0.717) is 12.8 Å². The van der Waals surface area contributed by atoms with Gasteiger partial charge in [0.05, 0.1) is 31.0 Å². The van der Waals surface area contributed by atoms with Crippen LogP contribution in [0.15, 0.2) is 0 Å². The SMILES string of the molecule is CCCC(C)(CCOP(=O)(O)OC(C)(CC)CC(CN)COP(=O)(O)O)OP(=O)(O)OCC(CN)CO. The van der Waals surface area contributed by atoms with Gasteiger partial charge in [0.1, 0.15) is 0 Å². The van der Waals surface area contributed by atoms with Crippen molar-refractivity contribution in [1.82, 2.24) is 0 Å². The average Bonchev–Trinajstić information content (AvgIpc) is 2.75. The number of nitrogens with two attached hydrogens (primary N) is 2. The summed E-state index contributed by atoms with van der Waals surface area (Å²) in [5.74, 6) is -1.13. The Morgan fingerprint density at radius 2 is 1.30 bits per heavy atom. The van der Waals surface area contributed by atoms with E-state index in [0.717, 1.165) is 0 Å². The highest BCUT2D eigenvalue weighted by molar-refractivity contribution is 7.47. The van der Waals surface area contributed by atoms with Gasteiger partial charge >= 0.3 is 23.5 Å². The number of phosphoric acid groups is 3. The fourth-order valence-corrected chi connectivity index (χ4v) is 6.13. The Morgan fingerprint density at radius 3 is 1.76 bits per heavy atom. The molecule has 0 aliphatic heterocycles. The van der Waals surface area contributed by atoms with E-state index in [2.05, 4.69) is 4.52 Å². The summed E-state index contributed by atoms with van der Waals surface area (Å²) in [6.07, 6.45) is 1.08. The van der Waals surface area contributed by atoms with Crippen molar-refractivity contribution in [3.63, 3.8) is 0 Å². The van der Waals surface area contributed by atoms with E-state index in [9.17, 15) is 23.5 Å². The lowest BCUT2D eigenvalue weighted by atomic mass is 9.90. The highest BCUT2D eigenvalue weighted by atomic mass is 31.2. The summed E-state index contributed by atoms with van der Waals surface area (Å²) in [7, 11) is -13.9. The highest BCUT2D eigenvalue weighted by Gasteiger charge is 2.39. The Balaban J connectivity index is 5.15. The summed E-state index contributed by atoms with van der Waals surface area (Å²) in [5.41, 5.74) is 8.60. The minimum atomic E-state index is -4.71. The molecule has 224 valence electrons. The Bertz CT molecular complexity index is 797. The van der Waals surface area contributed by atoms with Crippen LogP contribution in [0.4, 0.5) is 0 Å². The number of hydrogen-bond acceptors (Lipinski definition) is 11. The largest absolute Gasteiger partial charge is 0.472 e. The molecule has 0 saturated heterocycles. The van der Waals surface area contributed by atoms with Gasteiger partial charge in [0.25, 0.3) is 0 Å². The van der Waals surface area contributed by atoms with Crippen LogP contribution in [0.25, 0.3) is 0 Å². The van der Waals surface area contributed by atoms with Gasteiger partial charge in [-0.1, -0.05) is 20.3 Å². The van der Waals surface area contributed by atoms with E-state index in [1.807, 2.05) is 6.92 Å². The second-order valence-electron chi connectivity index (χ2n) is 9.38. The van der Waals surface area contributed by atoms with Crippen LogP contribution in [-0.4, -0.2) is 75.4 Å². The van der Waals surface area contributed by atoms with Crippen molar-refractivity contribution in [3.8, 4) is 0 Å². The summed E-state index contributed by atoms with van der Waals surface area (Å²) in [6.45, 7) is 5.23. The molecule has 0 amide bonds. The Labute approximate surface area is 218 Å². The van der Waals surface area contributed by atoms with Crippen LogP contribution in [0, 0.1) is 11.8 Å². The molecule has 18 heteroatoms. The van der Waals surface area contributed by atoms with Crippen LogP contribution in [0.3, 0.4) is 0 Å². The predicted octanol–water partition coefficient (Wildman–Crippen LogP) is 2.01. The standard InChI is InChI=1S/C19H45N2O13P3/c1-5-7-19(4,34-37(28,29)32-15-17(12-21)13-22)8-9-30-36(26,27)33-18(3,6-2)10-16(11-20)14-31-35(23,24)25/h16-17,22H,5-15,20-21H2,1-4H3,(H,26,27)(H,28,29)(H2,23,24,25). The summed E-state index contributed by atoms with van der Waals surface area (Å²) >= 11 is 0. The molecule has 0 radical (unpaired) electrons. The number of aliphatic hydroxyl groups excluding tert-OH is 1. The molecule has 0 aromatic carbocycles. The lowest BCUT2D eigenvalue weighted by molar-refractivity contribution is -0.0102. The van der Waals surface area contributed by atoms with Gasteiger partial charge in [0, 0.05) is 18.9 Å². The maximum Gasteiger partial charge on any atom is 0.472 e. The minimum absolute atomic E-state index is 0.0180. The molecule has 37 heavy (non-hydrogen) atoms. The minimum Gasteiger partial charge on any atom is -0.396 e. The highest BCUT2D eigenvalue weighted by Crippen LogP contribution is 2.52. The zero-order valence-electron chi connectivity index (χ0n) is 21.9. The van der Waals surface area contributed by atoms with E-state index >= 15 is 0 Å². The first-order chi connectivity index (χ1) is 16.9. The second kappa shape index (κ2) is 16.5. The van der Waals surface area contributed by atoms with Crippen molar-refractivity contribution in [3.05, 3.63) is 0 Å². The first kappa shape index (κ1) is 37.2. The van der Waals surface area contributed by atoms with Crippen molar-refractivity contribution in [2.24, 2.45) is 23.3 Å². The molecule has 0 bridgehead atoms. The van der Waals surface area contributed by atoms with E-state index < -0.39 is 46.5 Å². The van der Waals surface area contributed by atoms with Crippen molar-refractivity contribution in [1.29, 1.82) is 0 Å². The van der Waals surface area contributed by atoms with Crippen LogP contribution >= 0.6 is 23.5 Å². The van der Waals surface area contributed by atoms with Crippen molar-refractivity contribution in [2.75, 3.05) is 39.5 Å². The monoisotopic (exact) mass is 602 g/mol. The molecule has 0 fully saturated rings. The van der Waals surface area contributed by atoms with Gasteiger partial charge in [0.15, 0.2) is 0 Å². The number of hydrogen-bond donors (Lipinski definition) is 7. The molecule has 6 atom stereocenters. The van der Waals surface area contributed by atoms with E-state index in [-0.39, 0.29) is 58.8 Å². The molecule has 0 spiro atoms. The summed E-state index contributed by atoms with van der Waals surface area (Å²) < 4.78 is 61.3. The lowest BCUT2D eigenvalue weighted by Crippen LogP contribution is -2.34. The third-order valence-corrected chi connectivity index (χ3v) is 8.49. The molecule has 0 saturated carbocycles. The molecule has 0 aromatic rings. The zero-order chi connectivity index (χ0) is 29.0. The summed E-state index contributed by atoms with van der Waals surface area (Å²) in [5, 5.41) is 9.16. The third-order valence-electron chi connectivity index (χ3n) is 5.68. The summed E-state index contributed by atoms with van der Waals surface area (Å²) in [6, 6.07) is 0. The van der Waals surface area contributed by atoms with Gasteiger partial charge < -0.3 is 36.1 Å². The average molecular weight is 602 g/mol. The maximum atomic E-state index is 12.7. The van der Waals surface area contributed by atoms with Crippen LogP contribution in [-0.2, 0) is 36.3 Å². The van der Waals surface area contributed by atoms with Crippen LogP contribution in [0.5, 0.6) is 0 Å². The number of phosphoric ester groups is 3. The summed E-state index contributed by atoms with van der Waals surface area (Å²) in [4.78, 5) is 38.2. The fraction of sp³-hybridized carbons (Fsp3) is 1.00. The van der Waals surface area contributed by atoms with Gasteiger partial charge in [-0.2, -0.15) is 0 Å².